The van der Waals surface area contributed by atoms with Gasteiger partial charge in [-0.25, -0.2) is 0 Å². The molecule has 0 saturated carbocycles. The van der Waals surface area contributed by atoms with Crippen molar-refractivity contribution in [2.75, 3.05) is 18.5 Å². The van der Waals surface area contributed by atoms with E-state index in [2.05, 4.69) is 52.5 Å². The molecule has 0 aliphatic rings. The van der Waals surface area contributed by atoms with Crippen molar-refractivity contribution in [2.45, 2.75) is 26.7 Å². The Bertz CT molecular complexity index is 771. The van der Waals surface area contributed by atoms with Crippen LogP contribution >= 0.6 is 11.3 Å². The fourth-order valence-corrected chi connectivity index (χ4v) is 3.37. The molecular formula is C18H21N3OS. The number of ether oxygens (including phenoxy) is 1. The highest BCUT2D eigenvalue weighted by atomic mass is 32.1. The molecule has 2 heterocycles. The van der Waals surface area contributed by atoms with Crippen LogP contribution in [0, 0.1) is 6.92 Å². The number of anilines is 1. The highest BCUT2D eigenvalue weighted by Crippen LogP contribution is 2.30. The summed E-state index contributed by atoms with van der Waals surface area (Å²) >= 11 is 1.67. The average Bonchev–Trinajstić information content (AvgIpc) is 2.93. The van der Waals surface area contributed by atoms with Gasteiger partial charge in [-0.15, -0.1) is 11.3 Å². The van der Waals surface area contributed by atoms with Crippen molar-refractivity contribution < 1.29 is 4.74 Å². The largest absolute Gasteiger partial charge is 0.464 e. The van der Waals surface area contributed by atoms with Gasteiger partial charge in [0.25, 0.3) is 0 Å². The van der Waals surface area contributed by atoms with Crippen molar-refractivity contribution in [3.05, 3.63) is 46.8 Å². The fourth-order valence-electron chi connectivity index (χ4n) is 2.49. The zero-order chi connectivity index (χ0) is 16.1. The molecule has 0 atom stereocenters. The Balaban J connectivity index is 1.68. The first-order chi connectivity index (χ1) is 11.3. The van der Waals surface area contributed by atoms with E-state index in [4.69, 9.17) is 4.74 Å². The van der Waals surface area contributed by atoms with E-state index in [0.717, 1.165) is 35.4 Å². The van der Waals surface area contributed by atoms with Crippen molar-refractivity contribution in [3.63, 3.8) is 0 Å². The minimum Gasteiger partial charge on any atom is -0.464 e. The van der Waals surface area contributed by atoms with Crippen molar-refractivity contribution >= 4 is 27.4 Å². The van der Waals surface area contributed by atoms with Gasteiger partial charge >= 0.3 is 6.01 Å². The number of aromatic nitrogens is 2. The number of hydrogen-bond donors (Lipinski definition) is 1. The van der Waals surface area contributed by atoms with Gasteiger partial charge in [-0.1, -0.05) is 30.3 Å². The van der Waals surface area contributed by atoms with Gasteiger partial charge in [-0.05, 0) is 38.3 Å². The lowest BCUT2D eigenvalue weighted by molar-refractivity contribution is 0.314. The molecule has 0 spiro atoms. The van der Waals surface area contributed by atoms with E-state index >= 15 is 0 Å². The van der Waals surface area contributed by atoms with Crippen molar-refractivity contribution in [1.82, 2.24) is 9.97 Å². The van der Waals surface area contributed by atoms with Crippen LogP contribution in [-0.2, 0) is 6.42 Å². The standard InChI is InChI=1S/C18H21N3OS/c1-3-22-18-20-16(15-12-13(2)23-17(15)21-18)19-11-7-10-14-8-5-4-6-9-14/h4-6,8-9,12H,3,7,10-11H2,1-2H3,(H,19,20,21). The molecule has 1 N–H and O–H groups in total. The number of hydrogen-bond acceptors (Lipinski definition) is 5. The highest BCUT2D eigenvalue weighted by Gasteiger charge is 2.11. The summed E-state index contributed by atoms with van der Waals surface area (Å²) < 4.78 is 5.48. The summed E-state index contributed by atoms with van der Waals surface area (Å²) in [6.45, 7) is 5.48. The minimum absolute atomic E-state index is 0.451. The molecule has 120 valence electrons. The van der Waals surface area contributed by atoms with Crippen LogP contribution < -0.4 is 10.1 Å². The van der Waals surface area contributed by atoms with Gasteiger partial charge in [0.2, 0.25) is 0 Å². The summed E-state index contributed by atoms with van der Waals surface area (Å²) in [6, 6.07) is 13.1. The molecule has 0 aliphatic carbocycles. The molecule has 0 saturated heterocycles. The molecule has 2 aromatic heterocycles. The Morgan fingerprint density at radius 1 is 1.17 bits per heavy atom. The maximum absolute atomic E-state index is 5.48. The summed E-state index contributed by atoms with van der Waals surface area (Å²) in [5, 5.41) is 4.52. The molecule has 5 heteroatoms. The van der Waals surface area contributed by atoms with Gasteiger partial charge in [0, 0.05) is 11.4 Å². The average molecular weight is 327 g/mol. The molecule has 0 aliphatic heterocycles. The number of nitrogens with zero attached hydrogens (tertiary/aromatic N) is 2. The number of thiophene rings is 1. The third kappa shape index (κ3) is 3.99. The summed E-state index contributed by atoms with van der Waals surface area (Å²) in [4.78, 5) is 11.2. The first kappa shape index (κ1) is 15.7. The number of benzene rings is 1. The van der Waals surface area contributed by atoms with Gasteiger partial charge in [-0.2, -0.15) is 9.97 Å². The van der Waals surface area contributed by atoms with Crippen LogP contribution in [-0.4, -0.2) is 23.1 Å². The summed E-state index contributed by atoms with van der Waals surface area (Å²) in [5.41, 5.74) is 1.36. The smallest absolute Gasteiger partial charge is 0.319 e. The van der Waals surface area contributed by atoms with Crippen LogP contribution in [0.3, 0.4) is 0 Å². The van der Waals surface area contributed by atoms with Gasteiger partial charge in [0.1, 0.15) is 10.6 Å². The van der Waals surface area contributed by atoms with E-state index in [0.29, 0.717) is 12.6 Å². The summed E-state index contributed by atoms with van der Waals surface area (Å²) in [7, 11) is 0. The maximum atomic E-state index is 5.48. The Kier molecular flexibility index (Phi) is 5.08. The Morgan fingerprint density at radius 3 is 2.78 bits per heavy atom. The predicted octanol–water partition coefficient (Wildman–Crippen LogP) is 4.44. The molecular weight excluding hydrogens is 306 g/mol. The molecule has 0 unspecified atom stereocenters. The van der Waals surface area contributed by atoms with Gasteiger partial charge in [0.05, 0.1) is 12.0 Å². The number of nitrogens with one attached hydrogen (secondary N) is 1. The van der Waals surface area contributed by atoms with Crippen LogP contribution in [0.5, 0.6) is 6.01 Å². The molecule has 23 heavy (non-hydrogen) atoms. The van der Waals surface area contributed by atoms with Crippen molar-refractivity contribution in [1.29, 1.82) is 0 Å². The molecule has 0 radical (unpaired) electrons. The van der Waals surface area contributed by atoms with Gasteiger partial charge in [-0.3, -0.25) is 0 Å². The molecule has 1 aromatic carbocycles. The Labute approximate surface area is 140 Å². The number of rotatable bonds is 7. The molecule has 0 amide bonds. The SMILES string of the molecule is CCOc1nc(NCCCc2ccccc2)c2cc(C)sc2n1. The van der Waals surface area contributed by atoms with E-state index in [-0.39, 0.29) is 0 Å². The highest BCUT2D eigenvalue weighted by molar-refractivity contribution is 7.18. The second-order valence-electron chi connectivity index (χ2n) is 5.38. The second kappa shape index (κ2) is 7.42. The van der Waals surface area contributed by atoms with Crippen molar-refractivity contribution in [2.24, 2.45) is 0 Å². The van der Waals surface area contributed by atoms with E-state index < -0.39 is 0 Å². The lowest BCUT2D eigenvalue weighted by atomic mass is 10.1. The Hall–Kier alpha value is -2.14. The van der Waals surface area contributed by atoms with Crippen LogP contribution in [0.2, 0.25) is 0 Å². The number of fused-ring (bicyclic) bond motifs is 1. The van der Waals surface area contributed by atoms with Crippen LogP contribution in [0.1, 0.15) is 23.8 Å². The molecule has 3 rings (SSSR count). The normalized spacial score (nSPS) is 10.9. The van der Waals surface area contributed by atoms with Gasteiger partial charge < -0.3 is 10.1 Å². The van der Waals surface area contributed by atoms with Crippen LogP contribution in [0.15, 0.2) is 36.4 Å². The lowest BCUT2D eigenvalue weighted by Crippen LogP contribution is -2.07. The fraction of sp³-hybridized carbons (Fsp3) is 0.333. The third-order valence-corrected chi connectivity index (χ3v) is 4.49. The second-order valence-corrected chi connectivity index (χ2v) is 6.61. The molecule has 3 aromatic rings. The summed E-state index contributed by atoms with van der Waals surface area (Å²) in [6.07, 6.45) is 2.12. The molecule has 0 bridgehead atoms. The van der Waals surface area contributed by atoms with Crippen LogP contribution in [0.25, 0.3) is 10.2 Å². The van der Waals surface area contributed by atoms with E-state index in [9.17, 15) is 0 Å². The molecule has 4 nitrogen and oxygen atoms in total. The van der Waals surface area contributed by atoms with Gasteiger partial charge in [0.15, 0.2) is 0 Å². The topological polar surface area (TPSA) is 47.0 Å². The first-order valence-electron chi connectivity index (χ1n) is 7.95. The van der Waals surface area contributed by atoms with E-state index in [1.807, 2.05) is 13.0 Å². The minimum atomic E-state index is 0.451. The number of aryl methyl sites for hydroxylation is 2. The predicted molar refractivity (Wildman–Crippen MR) is 96.6 cm³/mol. The van der Waals surface area contributed by atoms with Crippen molar-refractivity contribution in [3.8, 4) is 6.01 Å². The van der Waals surface area contributed by atoms with E-state index in [1.165, 1.54) is 10.4 Å². The van der Waals surface area contributed by atoms with E-state index in [1.54, 1.807) is 11.3 Å². The molecule has 0 fully saturated rings. The Morgan fingerprint density at radius 2 is 2.00 bits per heavy atom. The quantitative estimate of drug-likeness (QED) is 0.652. The lowest BCUT2D eigenvalue weighted by Gasteiger charge is -2.09. The third-order valence-electron chi connectivity index (χ3n) is 3.55. The zero-order valence-electron chi connectivity index (χ0n) is 13.5. The summed E-state index contributed by atoms with van der Waals surface area (Å²) in [5.74, 6) is 0.871. The monoisotopic (exact) mass is 327 g/mol. The zero-order valence-corrected chi connectivity index (χ0v) is 14.3. The first-order valence-corrected chi connectivity index (χ1v) is 8.76. The van der Waals surface area contributed by atoms with Crippen LogP contribution in [0.4, 0.5) is 5.82 Å². The maximum Gasteiger partial charge on any atom is 0.319 e.